The average molecular weight is 312 g/mol. The molecule has 0 aromatic rings. The Hall–Kier alpha value is 0.0643. The maximum absolute atomic E-state index is 11.5. The minimum atomic E-state index is -3.88. The van der Waals surface area contributed by atoms with Crippen molar-refractivity contribution in [2.75, 3.05) is 0 Å². The molecule has 0 saturated heterocycles. The van der Waals surface area contributed by atoms with Crippen LogP contribution in [0.25, 0.3) is 0 Å². The van der Waals surface area contributed by atoms with Crippen molar-refractivity contribution >= 4 is 5.97 Å². The fraction of sp³-hybridized carbons (Fsp3) is 0.923. The average Bonchev–Trinajstić information content (AvgIpc) is 2.12. The van der Waals surface area contributed by atoms with Crippen LogP contribution in [0, 0.1) is 0 Å². The van der Waals surface area contributed by atoms with Crippen LogP contribution in [0.15, 0.2) is 0 Å². The predicted molar refractivity (Wildman–Crippen MR) is 70.3 cm³/mol. The molecule has 0 radical (unpaired) electrons. The van der Waals surface area contributed by atoms with Gasteiger partial charge in [-0.2, -0.15) is 0 Å². The fourth-order valence-corrected chi connectivity index (χ4v) is 7.25. The zero-order valence-electron chi connectivity index (χ0n) is 13.1. The Kier molecular flexibility index (Phi) is 8.40. The van der Waals surface area contributed by atoms with Gasteiger partial charge in [-0.05, 0) is 0 Å². The van der Waals surface area contributed by atoms with Crippen LogP contribution < -0.4 is 0 Å². The molecule has 0 saturated carbocycles. The summed E-state index contributed by atoms with van der Waals surface area (Å²) in [5.41, 5.74) is 0. The van der Waals surface area contributed by atoms with Gasteiger partial charge in [0.2, 0.25) is 0 Å². The van der Waals surface area contributed by atoms with E-state index in [2.05, 4.69) is 0 Å². The molecule has 0 aromatic carbocycles. The molecule has 19 heavy (non-hydrogen) atoms. The molecule has 0 aliphatic carbocycles. The Morgan fingerprint density at radius 1 is 0.947 bits per heavy atom. The third-order valence-corrected chi connectivity index (χ3v) is 8.44. The third-order valence-electron chi connectivity index (χ3n) is 2.33. The van der Waals surface area contributed by atoms with Crippen LogP contribution in [0.4, 0.5) is 0 Å². The van der Waals surface area contributed by atoms with Gasteiger partial charge in [-0.15, -0.1) is 0 Å². The Labute approximate surface area is 121 Å². The first kappa shape index (κ1) is 19.1. The van der Waals surface area contributed by atoms with Gasteiger partial charge in [-0.3, -0.25) is 0 Å². The number of carboxylic acids is 1. The van der Waals surface area contributed by atoms with E-state index in [-0.39, 0.29) is 18.3 Å². The zero-order valence-corrected chi connectivity index (χ0v) is 14.7. The van der Waals surface area contributed by atoms with Gasteiger partial charge in [-0.25, -0.2) is 0 Å². The van der Waals surface area contributed by atoms with Crippen LogP contribution in [-0.4, -0.2) is 29.4 Å². The standard InChI is InChI=1S/C4H7O2.3C3H7O.Ti/c1-2-3-4(5)6;3*1-3(2)4;/h3H,2H2,1H3,(H,5,6);3*3H,1-2H3;/q;3*-1;+3. The van der Waals surface area contributed by atoms with E-state index < -0.39 is 27.9 Å². The second-order valence-electron chi connectivity index (χ2n) is 5.40. The van der Waals surface area contributed by atoms with Gasteiger partial charge >= 0.3 is 121 Å². The number of carboxylic acid groups (broad SMARTS) is 1. The monoisotopic (exact) mass is 312 g/mol. The van der Waals surface area contributed by atoms with E-state index in [0.717, 1.165) is 0 Å². The van der Waals surface area contributed by atoms with E-state index >= 15 is 0 Å². The van der Waals surface area contributed by atoms with E-state index in [9.17, 15) is 9.90 Å². The predicted octanol–water partition coefficient (Wildman–Crippen LogP) is 3.44. The summed E-state index contributed by atoms with van der Waals surface area (Å²) in [5.74, 6) is -0.899. The van der Waals surface area contributed by atoms with Crippen molar-refractivity contribution in [3.05, 3.63) is 0 Å². The first-order valence-corrected chi connectivity index (χ1v) is 9.72. The van der Waals surface area contributed by atoms with Gasteiger partial charge in [0.1, 0.15) is 0 Å². The van der Waals surface area contributed by atoms with Crippen LogP contribution in [0.2, 0.25) is 4.22 Å². The minimum absolute atomic E-state index is 0.120. The van der Waals surface area contributed by atoms with E-state index in [4.69, 9.17) is 9.96 Å². The van der Waals surface area contributed by atoms with Crippen molar-refractivity contribution in [1.29, 1.82) is 0 Å². The number of rotatable bonds is 9. The summed E-state index contributed by atoms with van der Waals surface area (Å²) in [7, 11) is 0. The van der Waals surface area contributed by atoms with Crippen molar-refractivity contribution in [3.8, 4) is 0 Å². The van der Waals surface area contributed by atoms with Gasteiger partial charge < -0.3 is 0 Å². The van der Waals surface area contributed by atoms with Gasteiger partial charge in [0.15, 0.2) is 0 Å². The Morgan fingerprint density at radius 3 is 1.42 bits per heavy atom. The molecule has 1 N–H and O–H groups in total. The Bertz CT molecular complexity index is 252. The molecular formula is C13H28O5Ti. The normalized spacial score (nSPS) is 14.4. The fourth-order valence-electron chi connectivity index (χ4n) is 1.89. The van der Waals surface area contributed by atoms with E-state index in [0.29, 0.717) is 6.42 Å². The van der Waals surface area contributed by atoms with Gasteiger partial charge in [0, 0.05) is 0 Å². The van der Waals surface area contributed by atoms with Gasteiger partial charge in [-0.1, -0.05) is 0 Å². The summed E-state index contributed by atoms with van der Waals surface area (Å²) < 4.78 is 17.1. The SMILES string of the molecule is CC[CH](C(=O)O)[Ti]([O]C(C)C)([O]C(C)C)[O]C(C)C. The van der Waals surface area contributed by atoms with Crippen molar-refractivity contribution in [1.82, 2.24) is 0 Å². The second-order valence-corrected chi connectivity index (χ2v) is 9.48. The second kappa shape index (κ2) is 8.37. The van der Waals surface area contributed by atoms with Gasteiger partial charge in [0.05, 0.1) is 0 Å². The molecule has 0 bridgehead atoms. The summed E-state index contributed by atoms with van der Waals surface area (Å²) in [5, 5.41) is 9.45. The summed E-state index contributed by atoms with van der Waals surface area (Å²) in [4.78, 5) is 11.5. The van der Waals surface area contributed by atoms with Crippen LogP contribution in [-0.2, 0) is 32.5 Å². The molecule has 0 rings (SSSR count). The van der Waals surface area contributed by atoms with E-state index in [1.807, 2.05) is 48.5 Å². The Balaban J connectivity index is 5.48. The van der Waals surface area contributed by atoms with E-state index in [1.54, 1.807) is 0 Å². The summed E-state index contributed by atoms with van der Waals surface area (Å²) >= 11 is -3.88. The molecule has 0 aromatic heterocycles. The molecule has 0 amide bonds. The summed E-state index contributed by atoms with van der Waals surface area (Å²) in [6.45, 7) is 13.1. The number of hydrogen-bond acceptors (Lipinski definition) is 4. The molecule has 1 unspecified atom stereocenters. The first-order chi connectivity index (χ1) is 8.64. The van der Waals surface area contributed by atoms with Crippen LogP contribution >= 0.6 is 0 Å². The van der Waals surface area contributed by atoms with Crippen LogP contribution in [0.1, 0.15) is 54.9 Å². The summed E-state index contributed by atoms with van der Waals surface area (Å²) in [6, 6.07) is 0. The molecule has 0 aliphatic heterocycles. The topological polar surface area (TPSA) is 65.0 Å². The summed E-state index contributed by atoms with van der Waals surface area (Å²) in [6.07, 6.45) is 0.0873. The molecule has 1 atom stereocenters. The molecule has 0 aliphatic rings. The molecule has 0 spiro atoms. The van der Waals surface area contributed by atoms with Crippen LogP contribution in [0.3, 0.4) is 0 Å². The zero-order chi connectivity index (χ0) is 15.2. The number of aliphatic carboxylic acids is 1. The third kappa shape index (κ3) is 6.36. The van der Waals surface area contributed by atoms with Crippen molar-refractivity contribution in [3.63, 3.8) is 0 Å². The van der Waals surface area contributed by atoms with Gasteiger partial charge in [0.25, 0.3) is 0 Å². The number of carbonyl (C=O) groups is 1. The molecular weight excluding hydrogens is 284 g/mol. The maximum atomic E-state index is 11.5. The quantitative estimate of drug-likeness (QED) is 0.661. The van der Waals surface area contributed by atoms with Crippen molar-refractivity contribution < 1.29 is 37.6 Å². The van der Waals surface area contributed by atoms with E-state index in [1.165, 1.54) is 0 Å². The van der Waals surface area contributed by atoms with Crippen molar-refractivity contribution in [2.45, 2.75) is 77.4 Å². The van der Waals surface area contributed by atoms with Crippen molar-refractivity contribution in [2.24, 2.45) is 0 Å². The number of hydrogen-bond donors (Lipinski definition) is 1. The molecule has 0 heterocycles. The molecule has 6 heteroatoms. The first-order valence-electron chi connectivity index (χ1n) is 6.90. The molecule has 0 fully saturated rings. The van der Waals surface area contributed by atoms with Crippen LogP contribution in [0.5, 0.6) is 0 Å². The Morgan fingerprint density at radius 2 is 1.26 bits per heavy atom. The molecule has 5 nitrogen and oxygen atoms in total. The molecule has 114 valence electrons.